The zero-order valence-electron chi connectivity index (χ0n) is 17.2. The molecule has 3 heterocycles. The van der Waals surface area contributed by atoms with Gasteiger partial charge < -0.3 is 9.64 Å². The maximum absolute atomic E-state index is 13.3. The molecule has 0 atom stereocenters. The van der Waals surface area contributed by atoms with E-state index in [1.54, 1.807) is 5.48 Å². The number of nitrogens with zero attached hydrogens (tertiary/aromatic N) is 3. The number of aromatic nitrogens is 1. The smallest absolute Gasteiger partial charge is 0.266 e. The number of rotatable bonds is 7. The Kier molecular flexibility index (Phi) is 8.86. The lowest BCUT2D eigenvalue weighted by molar-refractivity contribution is -0.134. The Bertz CT molecular complexity index is 792. The molecule has 2 aliphatic rings. The van der Waals surface area contributed by atoms with Gasteiger partial charge in [0.25, 0.3) is 5.91 Å². The summed E-state index contributed by atoms with van der Waals surface area (Å²) in [5.41, 5.74) is 2.76. The fourth-order valence-electron chi connectivity index (χ4n) is 3.94. The van der Waals surface area contributed by atoms with Crippen LogP contribution in [-0.4, -0.2) is 73.0 Å². The zero-order chi connectivity index (χ0) is 20.9. The van der Waals surface area contributed by atoms with E-state index >= 15 is 0 Å². The molecule has 0 aromatic carbocycles. The Hall–Kier alpha value is -1.46. The third-order valence-electron chi connectivity index (χ3n) is 5.84. The minimum absolute atomic E-state index is 0. The number of hydrogen-bond acceptors (Lipinski definition) is 7. The molecule has 0 saturated carbocycles. The number of ether oxygens (including phenoxy) is 1. The van der Waals surface area contributed by atoms with Gasteiger partial charge in [-0.15, -0.1) is 12.4 Å². The number of pyridine rings is 1. The average molecular weight is 463 g/mol. The summed E-state index contributed by atoms with van der Waals surface area (Å²) in [6.45, 7) is 4.01. The minimum atomic E-state index is -3.95. The molecule has 0 bridgehead atoms. The van der Waals surface area contributed by atoms with Crippen LogP contribution in [0.4, 0.5) is 5.82 Å². The van der Waals surface area contributed by atoms with Crippen molar-refractivity contribution in [3.63, 3.8) is 0 Å². The van der Waals surface area contributed by atoms with E-state index in [9.17, 15) is 13.2 Å². The third-order valence-corrected chi connectivity index (χ3v) is 8.47. The van der Waals surface area contributed by atoms with Gasteiger partial charge in [-0.3, -0.25) is 10.0 Å². The molecule has 170 valence electrons. The molecule has 3 rings (SSSR count). The highest BCUT2D eigenvalue weighted by molar-refractivity contribution is 7.91. The largest absolute Gasteiger partial charge is 0.381 e. The minimum Gasteiger partial charge on any atom is -0.381 e. The number of carbonyl (C=O) groups is 1. The molecule has 1 aromatic rings. The number of piperazine rings is 1. The van der Waals surface area contributed by atoms with Gasteiger partial charge in [0.15, 0.2) is 4.75 Å². The van der Waals surface area contributed by atoms with Gasteiger partial charge >= 0.3 is 0 Å². The van der Waals surface area contributed by atoms with Crippen LogP contribution in [0.15, 0.2) is 18.3 Å². The van der Waals surface area contributed by atoms with Gasteiger partial charge in [0.1, 0.15) is 5.82 Å². The van der Waals surface area contributed by atoms with E-state index in [-0.39, 0.29) is 51.6 Å². The lowest BCUT2D eigenvalue weighted by atomic mass is 9.98. The van der Waals surface area contributed by atoms with E-state index in [1.807, 2.05) is 12.3 Å². The number of unbranched alkanes of at least 4 members (excludes halogenated alkanes) is 1. The number of amides is 1. The number of carbonyl (C=O) groups excluding carboxylic acids is 1. The molecule has 2 fully saturated rings. The zero-order valence-corrected chi connectivity index (χ0v) is 18.9. The van der Waals surface area contributed by atoms with Crippen molar-refractivity contribution in [2.24, 2.45) is 0 Å². The first-order valence-electron chi connectivity index (χ1n) is 10.2. The highest BCUT2D eigenvalue weighted by Crippen LogP contribution is 2.33. The molecule has 9 nitrogen and oxygen atoms in total. The summed E-state index contributed by atoms with van der Waals surface area (Å²) in [4.78, 5) is 18.9. The van der Waals surface area contributed by atoms with Crippen molar-refractivity contribution in [3.05, 3.63) is 23.9 Å². The molecule has 0 radical (unpaired) electrons. The first-order chi connectivity index (χ1) is 13.9. The lowest BCUT2D eigenvalue weighted by Gasteiger charge is -2.41. The van der Waals surface area contributed by atoms with Gasteiger partial charge in [-0.1, -0.05) is 19.4 Å². The van der Waals surface area contributed by atoms with Crippen molar-refractivity contribution < 1.29 is 23.2 Å². The first-order valence-corrected chi connectivity index (χ1v) is 11.6. The van der Waals surface area contributed by atoms with E-state index in [4.69, 9.17) is 9.94 Å². The van der Waals surface area contributed by atoms with Crippen molar-refractivity contribution in [3.8, 4) is 0 Å². The number of halogens is 1. The SMILES string of the molecule is CCCCc1ccc(N2CCN(S(=O)(=O)C3(C(=O)NO)CCOCC3)CC2)nc1.Cl. The molecule has 2 saturated heterocycles. The Morgan fingerprint density at radius 3 is 2.43 bits per heavy atom. The summed E-state index contributed by atoms with van der Waals surface area (Å²) in [5, 5.41) is 9.14. The van der Waals surface area contributed by atoms with Crippen molar-refractivity contribution in [1.82, 2.24) is 14.8 Å². The van der Waals surface area contributed by atoms with Gasteiger partial charge in [0.05, 0.1) is 0 Å². The third kappa shape index (κ3) is 4.88. The summed E-state index contributed by atoms with van der Waals surface area (Å²) >= 11 is 0. The van der Waals surface area contributed by atoms with Gasteiger partial charge in [-0.05, 0) is 24.5 Å². The molecular weight excluding hydrogens is 432 g/mol. The molecule has 1 amide bonds. The van der Waals surface area contributed by atoms with E-state index in [2.05, 4.69) is 22.9 Å². The maximum Gasteiger partial charge on any atom is 0.266 e. The predicted molar refractivity (Wildman–Crippen MR) is 116 cm³/mol. The van der Waals surface area contributed by atoms with Crippen molar-refractivity contribution in [2.45, 2.75) is 43.8 Å². The van der Waals surface area contributed by atoms with E-state index in [0.29, 0.717) is 13.1 Å². The fourth-order valence-corrected chi connectivity index (χ4v) is 6.04. The highest BCUT2D eigenvalue weighted by atomic mass is 35.5. The number of anilines is 1. The number of nitrogens with one attached hydrogen (secondary N) is 1. The fraction of sp³-hybridized carbons (Fsp3) is 0.684. The number of aryl methyl sites for hydroxylation is 1. The van der Waals surface area contributed by atoms with Crippen molar-refractivity contribution in [2.75, 3.05) is 44.3 Å². The second-order valence-corrected chi connectivity index (χ2v) is 9.81. The Morgan fingerprint density at radius 2 is 1.90 bits per heavy atom. The van der Waals surface area contributed by atoms with Gasteiger partial charge in [0.2, 0.25) is 10.0 Å². The summed E-state index contributed by atoms with van der Waals surface area (Å²) in [7, 11) is -3.95. The van der Waals surface area contributed by atoms with Gasteiger partial charge in [-0.25, -0.2) is 18.9 Å². The molecular formula is C19H31ClN4O5S. The second kappa shape index (κ2) is 10.7. The van der Waals surface area contributed by atoms with Crippen LogP contribution in [0.5, 0.6) is 0 Å². The van der Waals surface area contributed by atoms with Crippen LogP contribution < -0.4 is 10.4 Å². The molecule has 1 aromatic heterocycles. The number of sulfonamides is 1. The van der Waals surface area contributed by atoms with Crippen LogP contribution in [-0.2, 0) is 26.0 Å². The van der Waals surface area contributed by atoms with Gasteiger partial charge in [-0.2, -0.15) is 4.31 Å². The van der Waals surface area contributed by atoms with Crippen LogP contribution in [0.3, 0.4) is 0 Å². The molecule has 0 aliphatic carbocycles. The standard InChI is InChI=1S/C19H30N4O5S.ClH/c1-2-3-4-16-5-6-17(20-15-16)22-9-11-23(12-10-22)29(26,27)19(18(24)21-25)7-13-28-14-8-19;/h5-6,15,25H,2-4,7-14H2,1H3,(H,21,24);1H. The topological polar surface area (TPSA) is 112 Å². The molecule has 2 N–H and O–H groups in total. The van der Waals surface area contributed by atoms with Crippen molar-refractivity contribution in [1.29, 1.82) is 0 Å². The van der Waals surface area contributed by atoms with Crippen molar-refractivity contribution >= 4 is 34.2 Å². The van der Waals surface area contributed by atoms with Gasteiger partial charge in [0, 0.05) is 58.4 Å². The van der Waals surface area contributed by atoms with Crippen LogP contribution in [0, 0.1) is 0 Å². The summed E-state index contributed by atoms with van der Waals surface area (Å²) in [6, 6.07) is 4.05. The van der Waals surface area contributed by atoms with E-state index in [0.717, 1.165) is 25.1 Å². The molecule has 0 spiro atoms. The van der Waals surface area contributed by atoms with Crippen LogP contribution in [0.25, 0.3) is 0 Å². The van der Waals surface area contributed by atoms with Crippen LogP contribution in [0.2, 0.25) is 0 Å². The van der Waals surface area contributed by atoms with E-state index < -0.39 is 20.7 Å². The quantitative estimate of drug-likeness (QED) is 0.464. The van der Waals surface area contributed by atoms with E-state index in [1.165, 1.54) is 9.87 Å². The summed E-state index contributed by atoms with van der Waals surface area (Å²) in [5.74, 6) is -0.0521. The first kappa shape index (κ1) is 24.8. The average Bonchev–Trinajstić information content (AvgIpc) is 2.78. The molecule has 11 heteroatoms. The highest BCUT2D eigenvalue weighted by Gasteiger charge is 2.54. The van der Waals surface area contributed by atoms with Crippen LogP contribution in [0.1, 0.15) is 38.2 Å². The second-order valence-electron chi connectivity index (χ2n) is 7.57. The molecule has 2 aliphatic heterocycles. The Labute approximate surface area is 184 Å². The van der Waals surface area contributed by atoms with Crippen LogP contribution >= 0.6 is 12.4 Å². The summed E-state index contributed by atoms with van der Waals surface area (Å²) < 4.78 is 31.6. The number of hydroxylamine groups is 1. The molecule has 30 heavy (non-hydrogen) atoms. The summed E-state index contributed by atoms with van der Waals surface area (Å²) in [6.07, 6.45) is 5.22. The lowest BCUT2D eigenvalue weighted by Crippen LogP contribution is -2.62. The molecule has 0 unspecified atom stereocenters. The normalized spacial score (nSPS) is 19.7. The Balaban J connectivity index is 0.00000320. The Morgan fingerprint density at radius 1 is 1.23 bits per heavy atom. The monoisotopic (exact) mass is 462 g/mol. The predicted octanol–water partition coefficient (Wildman–Crippen LogP) is 1.35. The maximum atomic E-state index is 13.3. The number of hydrogen-bond donors (Lipinski definition) is 2.